The number of carboxylic acids is 1. The van der Waals surface area contributed by atoms with Gasteiger partial charge in [-0.15, -0.1) is 0 Å². The van der Waals surface area contributed by atoms with Gasteiger partial charge in [0.05, 0.1) is 12.5 Å². The predicted molar refractivity (Wildman–Crippen MR) is 55.1 cm³/mol. The fourth-order valence-corrected chi connectivity index (χ4v) is 2.68. The number of rotatable bonds is 5. The molecule has 1 saturated heterocycles. The molecule has 1 aliphatic heterocycles. The van der Waals surface area contributed by atoms with Gasteiger partial charge in [-0.25, -0.2) is 0 Å². The highest BCUT2D eigenvalue weighted by Gasteiger charge is 2.25. The monoisotopic (exact) mass is 236 g/mol. The second kappa shape index (κ2) is 6.32. The second-order valence-electron chi connectivity index (χ2n) is 3.63. The van der Waals surface area contributed by atoms with E-state index in [2.05, 4.69) is 0 Å². The highest BCUT2D eigenvalue weighted by molar-refractivity contribution is 7.91. The second-order valence-corrected chi connectivity index (χ2v) is 5.25. The Morgan fingerprint density at radius 1 is 1.60 bits per heavy atom. The average Bonchev–Trinajstić information content (AvgIpc) is 2.15. The van der Waals surface area contributed by atoms with E-state index in [9.17, 15) is 14.5 Å². The molecule has 0 bridgehead atoms. The highest BCUT2D eigenvalue weighted by Crippen LogP contribution is 2.15. The Bertz CT molecular complexity index is 211. The molecule has 1 heterocycles. The van der Waals surface area contributed by atoms with E-state index in [1.54, 1.807) is 0 Å². The number of hydrogen-bond acceptors (Lipinski definition) is 4. The van der Waals surface area contributed by atoms with Crippen LogP contribution in [-0.2, 0) is 20.7 Å². The third kappa shape index (κ3) is 5.36. The molecule has 0 aromatic rings. The molecule has 2 N–H and O–H groups in total. The van der Waals surface area contributed by atoms with E-state index in [-0.39, 0.29) is 24.4 Å². The zero-order valence-electron chi connectivity index (χ0n) is 8.42. The Balaban J connectivity index is 2.18. The third-order valence-electron chi connectivity index (χ3n) is 2.25. The normalized spacial score (nSPS) is 28.7. The van der Waals surface area contributed by atoms with E-state index in [0.717, 1.165) is 0 Å². The lowest BCUT2D eigenvalue weighted by Gasteiger charge is -2.26. The maximum Gasteiger partial charge on any atom is 0.308 e. The summed E-state index contributed by atoms with van der Waals surface area (Å²) >= 11 is -1.17. The molecule has 15 heavy (non-hydrogen) atoms. The van der Waals surface area contributed by atoms with Crippen molar-refractivity contribution in [2.45, 2.75) is 31.5 Å². The molecule has 1 rings (SSSR count). The number of carbonyl (C=O) groups is 1. The Morgan fingerprint density at radius 3 is 2.93 bits per heavy atom. The van der Waals surface area contributed by atoms with Crippen molar-refractivity contribution < 1.29 is 24.3 Å². The molecule has 0 aromatic heterocycles. The smallest absolute Gasteiger partial charge is 0.308 e. The summed E-state index contributed by atoms with van der Waals surface area (Å²) in [7, 11) is 0. The summed E-state index contributed by atoms with van der Waals surface area (Å²) in [6, 6.07) is 0. The number of hydrogen-bond donors (Lipinski definition) is 2. The van der Waals surface area contributed by atoms with Crippen molar-refractivity contribution in [3.63, 3.8) is 0 Å². The third-order valence-corrected chi connectivity index (χ3v) is 3.66. The summed E-state index contributed by atoms with van der Waals surface area (Å²) in [6.07, 6.45) is 0.475. The number of aliphatic carboxylic acids is 1. The lowest BCUT2D eigenvalue weighted by atomic mass is 10.1. The Hall–Kier alpha value is -0.300. The fourth-order valence-electron chi connectivity index (χ4n) is 1.47. The summed E-state index contributed by atoms with van der Waals surface area (Å²) in [5.41, 5.74) is 0. The molecule has 1 fully saturated rings. The fraction of sp³-hybridized carbons (Fsp3) is 0.889. The number of ether oxygens (including phenoxy) is 1. The minimum atomic E-state index is -1.17. The molecule has 5 nitrogen and oxygen atoms in total. The maximum absolute atomic E-state index is 11.4. The summed E-state index contributed by atoms with van der Waals surface area (Å²) in [5.74, 6) is -0.455. The van der Waals surface area contributed by atoms with Gasteiger partial charge in [-0.3, -0.25) is 4.79 Å². The van der Waals surface area contributed by atoms with E-state index < -0.39 is 17.1 Å². The highest BCUT2D eigenvalue weighted by atomic mass is 32.2. The Labute approximate surface area is 91.6 Å². The van der Waals surface area contributed by atoms with Crippen LogP contribution < -0.4 is 0 Å². The van der Waals surface area contributed by atoms with Crippen molar-refractivity contribution >= 4 is 17.1 Å². The molecule has 0 saturated carbocycles. The number of carboxylic acid groups (broad SMARTS) is 1. The molecule has 0 aliphatic carbocycles. The van der Waals surface area contributed by atoms with Gasteiger partial charge in [0.25, 0.3) is 0 Å². The first kappa shape index (κ1) is 12.8. The van der Waals surface area contributed by atoms with Crippen LogP contribution in [0.25, 0.3) is 0 Å². The van der Waals surface area contributed by atoms with Crippen LogP contribution in [0, 0.1) is 0 Å². The van der Waals surface area contributed by atoms with Crippen molar-refractivity contribution in [1.29, 1.82) is 0 Å². The molecule has 0 spiro atoms. The standard InChI is InChI=1S/C9H16O5S/c10-7-1-3-14-8(5-7)6-15(13)4-2-9(11)12/h7-8,10H,1-6H2,(H,11,12)/t7-,8?,15?/m1/s1. The van der Waals surface area contributed by atoms with Crippen LogP contribution in [0.3, 0.4) is 0 Å². The largest absolute Gasteiger partial charge is 0.616 e. The van der Waals surface area contributed by atoms with Gasteiger partial charge >= 0.3 is 5.97 Å². The SMILES string of the molecule is O=C(O)CC[S+]([O-])CC1C[C@H](O)CCO1. The summed E-state index contributed by atoms with van der Waals surface area (Å²) in [6.45, 7) is 0.488. The van der Waals surface area contributed by atoms with Gasteiger partial charge in [-0.05, 0) is 6.42 Å². The minimum absolute atomic E-state index is 0.0815. The molecule has 3 atom stereocenters. The van der Waals surface area contributed by atoms with Gasteiger partial charge < -0.3 is 19.5 Å². The molecular formula is C9H16O5S. The van der Waals surface area contributed by atoms with E-state index in [1.807, 2.05) is 0 Å². The van der Waals surface area contributed by atoms with Crippen molar-refractivity contribution in [1.82, 2.24) is 0 Å². The van der Waals surface area contributed by atoms with Crippen LogP contribution in [0.4, 0.5) is 0 Å². The van der Waals surface area contributed by atoms with Crippen molar-refractivity contribution in [2.24, 2.45) is 0 Å². The summed E-state index contributed by atoms with van der Waals surface area (Å²) in [5, 5.41) is 17.7. The topological polar surface area (TPSA) is 89.8 Å². The molecule has 2 unspecified atom stereocenters. The molecule has 1 aliphatic rings. The Morgan fingerprint density at radius 2 is 2.33 bits per heavy atom. The average molecular weight is 236 g/mol. The van der Waals surface area contributed by atoms with Gasteiger partial charge in [0, 0.05) is 13.0 Å². The summed E-state index contributed by atoms with van der Waals surface area (Å²) < 4.78 is 16.7. The van der Waals surface area contributed by atoms with Crippen LogP contribution in [0.5, 0.6) is 0 Å². The van der Waals surface area contributed by atoms with Gasteiger partial charge in [-0.1, -0.05) is 11.2 Å². The van der Waals surface area contributed by atoms with E-state index in [1.165, 1.54) is 0 Å². The minimum Gasteiger partial charge on any atom is -0.616 e. The first-order chi connectivity index (χ1) is 7.08. The van der Waals surface area contributed by atoms with Crippen molar-refractivity contribution in [3.05, 3.63) is 0 Å². The van der Waals surface area contributed by atoms with Crippen LogP contribution in [-0.4, -0.2) is 51.1 Å². The molecular weight excluding hydrogens is 220 g/mol. The van der Waals surface area contributed by atoms with Crippen molar-refractivity contribution in [3.8, 4) is 0 Å². The lowest BCUT2D eigenvalue weighted by Crippen LogP contribution is -2.35. The molecule has 6 heteroatoms. The first-order valence-electron chi connectivity index (χ1n) is 4.94. The van der Waals surface area contributed by atoms with E-state index in [0.29, 0.717) is 25.2 Å². The lowest BCUT2D eigenvalue weighted by molar-refractivity contribution is -0.136. The van der Waals surface area contributed by atoms with Crippen molar-refractivity contribution in [2.75, 3.05) is 18.1 Å². The zero-order valence-corrected chi connectivity index (χ0v) is 9.24. The quantitative estimate of drug-likeness (QED) is 0.642. The van der Waals surface area contributed by atoms with Crippen LogP contribution in [0.15, 0.2) is 0 Å². The molecule has 0 amide bonds. The number of aliphatic hydroxyl groups excluding tert-OH is 1. The number of aliphatic hydroxyl groups is 1. The molecule has 0 radical (unpaired) electrons. The summed E-state index contributed by atoms with van der Waals surface area (Å²) in [4.78, 5) is 10.2. The van der Waals surface area contributed by atoms with Gasteiger partial charge in [-0.2, -0.15) is 0 Å². The maximum atomic E-state index is 11.4. The molecule has 0 aromatic carbocycles. The Kier molecular flexibility index (Phi) is 5.38. The predicted octanol–water partition coefficient (Wildman–Crippen LogP) is -0.250. The van der Waals surface area contributed by atoms with Crippen LogP contribution in [0.1, 0.15) is 19.3 Å². The first-order valence-corrected chi connectivity index (χ1v) is 6.43. The van der Waals surface area contributed by atoms with Gasteiger partial charge in [0.15, 0.2) is 0 Å². The zero-order chi connectivity index (χ0) is 11.3. The van der Waals surface area contributed by atoms with Gasteiger partial charge in [0.1, 0.15) is 17.6 Å². The van der Waals surface area contributed by atoms with Gasteiger partial charge in [0.2, 0.25) is 0 Å². The molecule has 88 valence electrons. The van der Waals surface area contributed by atoms with E-state index >= 15 is 0 Å². The van der Waals surface area contributed by atoms with Crippen LogP contribution in [0.2, 0.25) is 0 Å². The van der Waals surface area contributed by atoms with E-state index in [4.69, 9.17) is 9.84 Å². The van der Waals surface area contributed by atoms with Crippen LogP contribution >= 0.6 is 0 Å².